The predicted molar refractivity (Wildman–Crippen MR) is 76.1 cm³/mol. The van der Waals surface area contributed by atoms with Crippen LogP contribution >= 0.6 is 23.2 Å². The van der Waals surface area contributed by atoms with Crippen LogP contribution in [0.4, 0.5) is 5.69 Å². The van der Waals surface area contributed by atoms with Gasteiger partial charge in [0.1, 0.15) is 0 Å². The third-order valence-electron chi connectivity index (χ3n) is 3.65. The fraction of sp³-hybridized carbons (Fsp3) is 0.571. The van der Waals surface area contributed by atoms with Crippen molar-refractivity contribution in [2.24, 2.45) is 5.92 Å². The highest BCUT2D eigenvalue weighted by molar-refractivity contribution is 6.42. The molecule has 1 aliphatic rings. The molecule has 0 amide bonds. The molecule has 1 aromatic rings. The molecule has 2 rings (SSSR count). The molecule has 0 bridgehead atoms. The molecule has 1 N–H and O–H groups in total. The molecular weight excluding hydrogens is 253 g/mol. The minimum absolute atomic E-state index is 0.589. The van der Waals surface area contributed by atoms with E-state index in [2.05, 4.69) is 12.2 Å². The number of anilines is 1. The minimum atomic E-state index is 0.589. The van der Waals surface area contributed by atoms with Crippen LogP contribution in [0.2, 0.25) is 10.0 Å². The maximum absolute atomic E-state index is 6.02. The average molecular weight is 272 g/mol. The van der Waals surface area contributed by atoms with E-state index in [1.165, 1.54) is 32.1 Å². The Kier molecular flexibility index (Phi) is 4.58. The van der Waals surface area contributed by atoms with Gasteiger partial charge in [-0.2, -0.15) is 0 Å². The molecule has 2 atom stereocenters. The largest absolute Gasteiger partial charge is 0.382 e. The molecule has 0 radical (unpaired) electrons. The van der Waals surface area contributed by atoms with E-state index in [-0.39, 0.29) is 0 Å². The van der Waals surface area contributed by atoms with Crippen LogP contribution < -0.4 is 5.32 Å². The quantitative estimate of drug-likeness (QED) is 0.779. The third kappa shape index (κ3) is 3.53. The Morgan fingerprint density at radius 3 is 2.76 bits per heavy atom. The van der Waals surface area contributed by atoms with Crippen molar-refractivity contribution in [3.05, 3.63) is 28.2 Å². The van der Waals surface area contributed by atoms with Gasteiger partial charge in [0, 0.05) is 11.7 Å². The lowest BCUT2D eigenvalue weighted by molar-refractivity contribution is 0.327. The SMILES string of the molecule is CCC1CCCC(Nc2ccc(Cl)c(Cl)c2)C1. The van der Waals surface area contributed by atoms with Crippen LogP contribution in [0.25, 0.3) is 0 Å². The number of halogens is 2. The summed E-state index contributed by atoms with van der Waals surface area (Å²) >= 11 is 11.9. The zero-order valence-corrected chi connectivity index (χ0v) is 11.7. The number of nitrogens with one attached hydrogen (secondary N) is 1. The third-order valence-corrected chi connectivity index (χ3v) is 4.39. The molecule has 0 heterocycles. The van der Waals surface area contributed by atoms with Crippen LogP contribution in [-0.2, 0) is 0 Å². The van der Waals surface area contributed by atoms with E-state index < -0.39 is 0 Å². The van der Waals surface area contributed by atoms with E-state index in [9.17, 15) is 0 Å². The van der Waals surface area contributed by atoms with Crippen LogP contribution in [0.3, 0.4) is 0 Å². The summed E-state index contributed by atoms with van der Waals surface area (Å²) in [6.45, 7) is 2.28. The second-order valence-corrected chi connectivity index (χ2v) is 5.73. The van der Waals surface area contributed by atoms with Gasteiger partial charge in [-0.05, 0) is 37.0 Å². The van der Waals surface area contributed by atoms with Crippen molar-refractivity contribution in [2.45, 2.75) is 45.1 Å². The molecule has 94 valence electrons. The van der Waals surface area contributed by atoms with Crippen molar-refractivity contribution in [1.82, 2.24) is 0 Å². The smallest absolute Gasteiger partial charge is 0.0612 e. The first kappa shape index (κ1) is 13.0. The lowest BCUT2D eigenvalue weighted by Crippen LogP contribution is -2.27. The van der Waals surface area contributed by atoms with Crippen molar-refractivity contribution in [3.63, 3.8) is 0 Å². The lowest BCUT2D eigenvalue weighted by Gasteiger charge is -2.29. The van der Waals surface area contributed by atoms with Gasteiger partial charge in [-0.15, -0.1) is 0 Å². The molecule has 1 fully saturated rings. The highest BCUT2D eigenvalue weighted by atomic mass is 35.5. The zero-order valence-electron chi connectivity index (χ0n) is 10.2. The molecule has 0 saturated heterocycles. The van der Waals surface area contributed by atoms with E-state index in [0.29, 0.717) is 16.1 Å². The Labute approximate surface area is 114 Å². The Morgan fingerprint density at radius 2 is 2.06 bits per heavy atom. The van der Waals surface area contributed by atoms with Gasteiger partial charge in [-0.1, -0.05) is 49.4 Å². The molecule has 0 aliphatic heterocycles. The highest BCUT2D eigenvalue weighted by Crippen LogP contribution is 2.30. The van der Waals surface area contributed by atoms with E-state index >= 15 is 0 Å². The Balaban J connectivity index is 1.97. The van der Waals surface area contributed by atoms with Gasteiger partial charge in [0.15, 0.2) is 0 Å². The summed E-state index contributed by atoms with van der Waals surface area (Å²) in [5.41, 5.74) is 1.08. The first-order chi connectivity index (χ1) is 8.19. The monoisotopic (exact) mass is 271 g/mol. The van der Waals surface area contributed by atoms with Gasteiger partial charge in [-0.25, -0.2) is 0 Å². The van der Waals surface area contributed by atoms with E-state index in [1.807, 2.05) is 18.2 Å². The van der Waals surface area contributed by atoms with Crippen molar-refractivity contribution in [3.8, 4) is 0 Å². The lowest BCUT2D eigenvalue weighted by atomic mass is 9.84. The van der Waals surface area contributed by atoms with E-state index in [4.69, 9.17) is 23.2 Å². The van der Waals surface area contributed by atoms with E-state index in [0.717, 1.165) is 11.6 Å². The van der Waals surface area contributed by atoms with Gasteiger partial charge in [0.25, 0.3) is 0 Å². The van der Waals surface area contributed by atoms with Gasteiger partial charge in [0.05, 0.1) is 10.0 Å². The fourth-order valence-electron chi connectivity index (χ4n) is 2.61. The summed E-state index contributed by atoms with van der Waals surface area (Å²) in [7, 11) is 0. The van der Waals surface area contributed by atoms with Crippen molar-refractivity contribution < 1.29 is 0 Å². The molecule has 0 spiro atoms. The fourth-order valence-corrected chi connectivity index (χ4v) is 2.91. The first-order valence-electron chi connectivity index (χ1n) is 6.40. The first-order valence-corrected chi connectivity index (χ1v) is 7.16. The van der Waals surface area contributed by atoms with Crippen molar-refractivity contribution in [1.29, 1.82) is 0 Å². The minimum Gasteiger partial charge on any atom is -0.382 e. The summed E-state index contributed by atoms with van der Waals surface area (Å²) in [6, 6.07) is 6.36. The van der Waals surface area contributed by atoms with Crippen LogP contribution in [-0.4, -0.2) is 6.04 Å². The molecule has 0 aromatic heterocycles. The molecule has 2 unspecified atom stereocenters. The number of rotatable bonds is 3. The van der Waals surface area contributed by atoms with Crippen LogP contribution in [0.5, 0.6) is 0 Å². The van der Waals surface area contributed by atoms with Gasteiger partial charge in [0.2, 0.25) is 0 Å². The van der Waals surface area contributed by atoms with Crippen LogP contribution in [0.15, 0.2) is 18.2 Å². The number of hydrogen-bond acceptors (Lipinski definition) is 1. The molecule has 1 nitrogen and oxygen atoms in total. The van der Waals surface area contributed by atoms with Crippen LogP contribution in [0.1, 0.15) is 39.0 Å². The average Bonchev–Trinajstić information content (AvgIpc) is 2.34. The summed E-state index contributed by atoms with van der Waals surface area (Å²) in [6.07, 6.45) is 6.54. The van der Waals surface area contributed by atoms with Gasteiger partial charge in [-0.3, -0.25) is 0 Å². The predicted octanol–water partition coefficient (Wildman–Crippen LogP) is 5.37. The van der Waals surface area contributed by atoms with Crippen LogP contribution in [0, 0.1) is 5.92 Å². The maximum atomic E-state index is 6.02. The molecule has 17 heavy (non-hydrogen) atoms. The molecular formula is C14H19Cl2N. The van der Waals surface area contributed by atoms with Gasteiger partial charge >= 0.3 is 0 Å². The molecule has 1 aliphatic carbocycles. The topological polar surface area (TPSA) is 12.0 Å². The summed E-state index contributed by atoms with van der Waals surface area (Å²) < 4.78 is 0. The van der Waals surface area contributed by atoms with Crippen molar-refractivity contribution in [2.75, 3.05) is 5.32 Å². The molecule has 1 aromatic carbocycles. The Bertz CT molecular complexity index is 378. The number of benzene rings is 1. The second kappa shape index (κ2) is 5.97. The number of hydrogen-bond donors (Lipinski definition) is 1. The normalized spacial score (nSPS) is 24.6. The summed E-state index contributed by atoms with van der Waals surface area (Å²) in [4.78, 5) is 0. The standard InChI is InChI=1S/C14H19Cl2N/c1-2-10-4-3-5-11(8-10)17-12-6-7-13(15)14(16)9-12/h6-7,9-11,17H,2-5,8H2,1H3. The zero-order chi connectivity index (χ0) is 12.3. The second-order valence-electron chi connectivity index (χ2n) is 4.91. The van der Waals surface area contributed by atoms with E-state index in [1.54, 1.807) is 0 Å². The summed E-state index contributed by atoms with van der Waals surface area (Å²) in [5, 5.41) is 4.81. The Morgan fingerprint density at radius 1 is 1.24 bits per heavy atom. The van der Waals surface area contributed by atoms with Crippen molar-refractivity contribution >= 4 is 28.9 Å². The summed E-state index contributed by atoms with van der Waals surface area (Å²) in [5.74, 6) is 0.879. The molecule has 3 heteroatoms. The van der Waals surface area contributed by atoms with Gasteiger partial charge < -0.3 is 5.32 Å². The molecule has 1 saturated carbocycles. The maximum Gasteiger partial charge on any atom is 0.0612 e. The Hall–Kier alpha value is -0.400. The highest BCUT2D eigenvalue weighted by Gasteiger charge is 2.20.